The van der Waals surface area contributed by atoms with E-state index >= 15 is 0 Å². The van der Waals surface area contributed by atoms with Gasteiger partial charge < -0.3 is 5.32 Å². The van der Waals surface area contributed by atoms with E-state index in [1.807, 2.05) is 23.0 Å². The average Bonchev–Trinajstić information content (AvgIpc) is 2.54. The lowest BCUT2D eigenvalue weighted by molar-refractivity contribution is -0.684. The van der Waals surface area contributed by atoms with Crippen molar-refractivity contribution in [1.29, 1.82) is 0 Å². The van der Waals surface area contributed by atoms with Crippen molar-refractivity contribution in [3.63, 3.8) is 0 Å². The van der Waals surface area contributed by atoms with E-state index in [-0.39, 0.29) is 11.9 Å². The zero-order valence-electron chi connectivity index (χ0n) is 13.5. The second-order valence-corrected chi connectivity index (χ2v) is 5.73. The number of hydrogen-bond acceptors (Lipinski definition) is 1. The minimum atomic E-state index is 0.0646. The Balaban J connectivity index is 1.75. The first-order valence-electron chi connectivity index (χ1n) is 7.98. The first-order valence-corrected chi connectivity index (χ1v) is 7.98. The summed E-state index contributed by atoms with van der Waals surface area (Å²) in [7, 11) is 0. The van der Waals surface area contributed by atoms with Crippen molar-refractivity contribution in [2.75, 3.05) is 0 Å². The molecule has 0 radical (unpaired) electrons. The Bertz CT molecular complexity index is 578. The number of aryl methyl sites for hydroxylation is 2. The minimum Gasteiger partial charge on any atom is -0.348 e. The molecule has 0 spiro atoms. The summed E-state index contributed by atoms with van der Waals surface area (Å²) in [5.74, 6) is 0.0646. The van der Waals surface area contributed by atoms with Crippen molar-refractivity contribution in [1.82, 2.24) is 5.32 Å². The van der Waals surface area contributed by atoms with E-state index in [0.29, 0.717) is 6.54 Å². The van der Waals surface area contributed by atoms with Crippen LogP contribution >= 0.6 is 0 Å². The smallest absolute Gasteiger partial charge is 0.286 e. The van der Waals surface area contributed by atoms with Crippen LogP contribution in [0.5, 0.6) is 0 Å². The molecule has 22 heavy (non-hydrogen) atoms. The molecule has 3 nitrogen and oxygen atoms in total. The lowest BCUT2D eigenvalue weighted by atomic mass is 10.1. The molecule has 0 fully saturated rings. The van der Waals surface area contributed by atoms with E-state index in [1.165, 1.54) is 11.1 Å². The van der Waals surface area contributed by atoms with Crippen molar-refractivity contribution in [2.45, 2.75) is 45.7 Å². The average molecular weight is 297 g/mol. The second-order valence-electron chi connectivity index (χ2n) is 5.73. The molecule has 2 rings (SSSR count). The summed E-state index contributed by atoms with van der Waals surface area (Å²) in [6.07, 6.45) is 6.89. The highest BCUT2D eigenvalue weighted by atomic mass is 16.2. The Kier molecular flexibility index (Phi) is 6.13. The van der Waals surface area contributed by atoms with Crippen molar-refractivity contribution in [3.05, 3.63) is 66.0 Å². The molecule has 1 N–H and O–H groups in total. The van der Waals surface area contributed by atoms with E-state index in [1.54, 1.807) is 0 Å². The van der Waals surface area contributed by atoms with Gasteiger partial charge in [-0.25, -0.2) is 0 Å². The van der Waals surface area contributed by atoms with Crippen LogP contribution in [0.2, 0.25) is 0 Å². The van der Waals surface area contributed by atoms with E-state index < -0.39 is 0 Å². The molecule has 2 aromatic rings. The molecule has 116 valence electrons. The van der Waals surface area contributed by atoms with E-state index in [9.17, 15) is 4.79 Å². The number of pyridine rings is 1. The molecule has 1 aromatic carbocycles. The van der Waals surface area contributed by atoms with Gasteiger partial charge in [0.05, 0.1) is 0 Å². The van der Waals surface area contributed by atoms with Gasteiger partial charge in [0.15, 0.2) is 12.4 Å². The van der Waals surface area contributed by atoms with Crippen LogP contribution in [-0.4, -0.2) is 11.9 Å². The predicted molar refractivity (Wildman–Crippen MR) is 88.4 cm³/mol. The van der Waals surface area contributed by atoms with Crippen LogP contribution in [0.1, 0.15) is 31.4 Å². The fraction of sp³-hybridized carbons (Fsp3) is 0.368. The van der Waals surface area contributed by atoms with Crippen LogP contribution < -0.4 is 9.88 Å². The highest BCUT2D eigenvalue weighted by molar-refractivity contribution is 5.74. The molecule has 1 amide bonds. The topological polar surface area (TPSA) is 33.0 Å². The monoisotopic (exact) mass is 297 g/mol. The van der Waals surface area contributed by atoms with Gasteiger partial charge in [0.25, 0.3) is 5.91 Å². The largest absolute Gasteiger partial charge is 0.348 e. The lowest BCUT2D eigenvalue weighted by Crippen LogP contribution is -2.45. The Hall–Kier alpha value is -2.16. The van der Waals surface area contributed by atoms with Crippen LogP contribution in [-0.2, 0) is 24.2 Å². The van der Waals surface area contributed by atoms with Crippen LogP contribution in [0.25, 0.3) is 0 Å². The zero-order chi connectivity index (χ0) is 15.8. The van der Waals surface area contributed by atoms with Crippen LogP contribution in [0.4, 0.5) is 0 Å². The molecule has 3 heteroatoms. The first kappa shape index (κ1) is 16.2. The van der Waals surface area contributed by atoms with Gasteiger partial charge in [0.1, 0.15) is 0 Å². The fourth-order valence-corrected chi connectivity index (χ4v) is 2.42. The molecule has 0 unspecified atom stereocenters. The van der Waals surface area contributed by atoms with Gasteiger partial charge in [-0.1, -0.05) is 37.3 Å². The Morgan fingerprint density at radius 1 is 1.09 bits per heavy atom. The Morgan fingerprint density at radius 3 is 2.41 bits per heavy atom. The third-order valence-electron chi connectivity index (χ3n) is 3.81. The van der Waals surface area contributed by atoms with Gasteiger partial charge in [-0.3, -0.25) is 4.79 Å². The molecule has 0 saturated heterocycles. The Labute approximate surface area is 133 Å². The van der Waals surface area contributed by atoms with E-state index in [2.05, 4.69) is 55.6 Å². The van der Waals surface area contributed by atoms with Gasteiger partial charge in [-0.2, -0.15) is 4.57 Å². The predicted octanol–water partition coefficient (Wildman–Crippen LogP) is 2.67. The van der Waals surface area contributed by atoms with Gasteiger partial charge in [0.2, 0.25) is 6.54 Å². The van der Waals surface area contributed by atoms with Crippen molar-refractivity contribution in [3.8, 4) is 0 Å². The first-order chi connectivity index (χ1) is 10.7. The molecular weight excluding hydrogens is 272 g/mol. The number of hydrogen-bond donors (Lipinski definition) is 1. The van der Waals surface area contributed by atoms with Crippen molar-refractivity contribution in [2.24, 2.45) is 0 Å². The third-order valence-corrected chi connectivity index (χ3v) is 3.81. The normalized spacial score (nSPS) is 11.9. The summed E-state index contributed by atoms with van der Waals surface area (Å²) in [5.41, 5.74) is 2.60. The summed E-state index contributed by atoms with van der Waals surface area (Å²) in [4.78, 5) is 12.1. The van der Waals surface area contributed by atoms with Gasteiger partial charge in [0, 0.05) is 18.2 Å². The summed E-state index contributed by atoms with van der Waals surface area (Å²) in [5, 5.41) is 3.07. The maximum atomic E-state index is 12.1. The maximum absolute atomic E-state index is 12.1. The molecule has 0 aliphatic rings. The minimum absolute atomic E-state index is 0.0646. The summed E-state index contributed by atoms with van der Waals surface area (Å²) in [6.45, 7) is 4.56. The summed E-state index contributed by atoms with van der Waals surface area (Å²) < 4.78 is 1.92. The number of carbonyl (C=O) groups excluding carboxylic acids is 1. The number of benzene rings is 1. The van der Waals surface area contributed by atoms with Gasteiger partial charge >= 0.3 is 0 Å². The van der Waals surface area contributed by atoms with Crippen LogP contribution in [0.3, 0.4) is 0 Å². The van der Waals surface area contributed by atoms with Gasteiger partial charge in [-0.15, -0.1) is 0 Å². The summed E-state index contributed by atoms with van der Waals surface area (Å²) >= 11 is 0. The molecular formula is C19H25N2O+. The number of nitrogens with zero attached hydrogens (tertiary/aromatic N) is 1. The highest BCUT2D eigenvalue weighted by Crippen LogP contribution is 2.04. The SMILES string of the molecule is CCc1cc[n+](CC(=O)N[C@@H](C)CCc2ccccc2)cc1. The molecule has 1 heterocycles. The number of aromatic nitrogens is 1. The molecule has 1 atom stereocenters. The van der Waals surface area contributed by atoms with Crippen LogP contribution in [0.15, 0.2) is 54.9 Å². The van der Waals surface area contributed by atoms with Crippen molar-refractivity contribution >= 4 is 5.91 Å². The number of rotatable bonds is 7. The Morgan fingerprint density at radius 2 is 1.77 bits per heavy atom. The molecule has 0 aliphatic carbocycles. The van der Waals surface area contributed by atoms with Gasteiger partial charge in [-0.05, 0) is 37.3 Å². The fourth-order valence-electron chi connectivity index (χ4n) is 2.42. The van der Waals surface area contributed by atoms with E-state index in [4.69, 9.17) is 0 Å². The highest BCUT2D eigenvalue weighted by Gasteiger charge is 2.12. The lowest BCUT2D eigenvalue weighted by Gasteiger charge is -2.12. The molecule has 0 saturated carbocycles. The number of amides is 1. The van der Waals surface area contributed by atoms with E-state index in [0.717, 1.165) is 19.3 Å². The second kappa shape index (κ2) is 8.32. The summed E-state index contributed by atoms with van der Waals surface area (Å²) in [6, 6.07) is 14.7. The maximum Gasteiger partial charge on any atom is 0.286 e. The third kappa shape index (κ3) is 5.32. The van der Waals surface area contributed by atoms with Crippen LogP contribution in [0, 0.1) is 0 Å². The standard InChI is InChI=1S/C19H24N2O/c1-3-17-11-13-21(14-12-17)15-19(22)20-16(2)9-10-18-7-5-4-6-8-18/h4-8,11-14,16H,3,9-10,15H2,1-2H3/p+1/t16-/m0/s1. The zero-order valence-corrected chi connectivity index (χ0v) is 13.5. The molecule has 1 aromatic heterocycles. The number of carbonyl (C=O) groups is 1. The van der Waals surface area contributed by atoms with Crippen molar-refractivity contribution < 1.29 is 9.36 Å². The number of nitrogens with one attached hydrogen (secondary N) is 1. The molecule has 0 aliphatic heterocycles. The molecule has 0 bridgehead atoms. The quantitative estimate of drug-likeness (QED) is 0.783.